The van der Waals surface area contributed by atoms with Gasteiger partial charge in [-0.1, -0.05) is 6.08 Å². The third kappa shape index (κ3) is 2.83. The lowest BCUT2D eigenvalue weighted by molar-refractivity contribution is -0.148. The molecule has 0 spiro atoms. The van der Waals surface area contributed by atoms with E-state index in [2.05, 4.69) is 11.9 Å². The van der Waals surface area contributed by atoms with E-state index in [0.717, 1.165) is 6.42 Å². The van der Waals surface area contributed by atoms with Gasteiger partial charge in [-0.25, -0.2) is 9.59 Å². The van der Waals surface area contributed by atoms with Gasteiger partial charge in [0.05, 0.1) is 0 Å². The Kier molecular flexibility index (Phi) is 4.04. The maximum atomic E-state index is 12.2. The molecule has 0 bridgehead atoms. The first-order chi connectivity index (χ1) is 8.23. The maximum Gasteiger partial charge on any atom is 0.329 e. The fourth-order valence-corrected chi connectivity index (χ4v) is 1.99. The van der Waals surface area contributed by atoms with Crippen LogP contribution in [0.5, 0.6) is 0 Å². The topological polar surface area (TPSA) is 69.6 Å². The second-order valence-electron chi connectivity index (χ2n) is 5.74. The van der Waals surface area contributed by atoms with E-state index in [4.69, 9.17) is 0 Å². The first-order valence-corrected chi connectivity index (χ1v) is 6.17. The van der Waals surface area contributed by atoms with Gasteiger partial charge in [-0.05, 0) is 40.0 Å². The Morgan fingerprint density at radius 1 is 1.44 bits per heavy atom. The van der Waals surface area contributed by atoms with Gasteiger partial charge in [0.15, 0.2) is 0 Å². The van der Waals surface area contributed by atoms with Gasteiger partial charge in [-0.3, -0.25) is 0 Å². The van der Waals surface area contributed by atoms with Gasteiger partial charge < -0.3 is 15.3 Å². The molecule has 0 aromatic rings. The van der Waals surface area contributed by atoms with Crippen molar-refractivity contribution in [2.24, 2.45) is 0 Å². The molecule has 2 amide bonds. The third-order valence-corrected chi connectivity index (χ3v) is 3.33. The monoisotopic (exact) mass is 254 g/mol. The maximum absolute atomic E-state index is 12.2. The summed E-state index contributed by atoms with van der Waals surface area (Å²) in [4.78, 5) is 25.0. The van der Waals surface area contributed by atoms with E-state index in [1.54, 1.807) is 11.0 Å². The zero-order valence-corrected chi connectivity index (χ0v) is 11.3. The van der Waals surface area contributed by atoms with Crippen LogP contribution >= 0.6 is 0 Å². The Morgan fingerprint density at radius 2 is 2.00 bits per heavy atom. The van der Waals surface area contributed by atoms with Crippen LogP contribution in [-0.4, -0.2) is 39.6 Å². The van der Waals surface area contributed by atoms with E-state index in [0.29, 0.717) is 19.4 Å². The number of carbonyl (C=O) groups excluding carboxylic acids is 1. The van der Waals surface area contributed by atoms with Crippen LogP contribution in [0, 0.1) is 0 Å². The summed E-state index contributed by atoms with van der Waals surface area (Å²) < 4.78 is 0. The minimum atomic E-state index is -1.07. The summed E-state index contributed by atoms with van der Waals surface area (Å²) in [7, 11) is 0. The molecular weight excluding hydrogens is 232 g/mol. The average Bonchev–Trinajstić information content (AvgIpc) is 2.17. The van der Waals surface area contributed by atoms with Crippen LogP contribution in [0.2, 0.25) is 0 Å². The predicted molar refractivity (Wildman–Crippen MR) is 69.4 cm³/mol. The lowest BCUT2D eigenvalue weighted by Crippen LogP contribution is -2.63. The van der Waals surface area contributed by atoms with Crippen molar-refractivity contribution >= 4 is 12.0 Å². The van der Waals surface area contributed by atoms with Gasteiger partial charge in [-0.15, -0.1) is 6.58 Å². The molecule has 1 saturated carbocycles. The van der Waals surface area contributed by atoms with Crippen molar-refractivity contribution in [2.75, 3.05) is 6.54 Å². The highest BCUT2D eigenvalue weighted by atomic mass is 16.4. The zero-order valence-electron chi connectivity index (χ0n) is 11.3. The second-order valence-corrected chi connectivity index (χ2v) is 5.74. The largest absolute Gasteiger partial charge is 0.480 e. The molecule has 0 atom stereocenters. The molecule has 2 N–H and O–H groups in total. The molecule has 5 heteroatoms. The number of carbonyl (C=O) groups is 2. The smallest absolute Gasteiger partial charge is 0.329 e. The van der Waals surface area contributed by atoms with E-state index in [1.165, 1.54) is 0 Å². The zero-order chi connectivity index (χ0) is 14.0. The second kappa shape index (κ2) is 5.00. The van der Waals surface area contributed by atoms with Crippen molar-refractivity contribution in [1.29, 1.82) is 0 Å². The van der Waals surface area contributed by atoms with E-state index >= 15 is 0 Å². The molecule has 0 heterocycles. The minimum Gasteiger partial charge on any atom is -0.480 e. The van der Waals surface area contributed by atoms with Gasteiger partial charge in [0.25, 0.3) is 0 Å². The van der Waals surface area contributed by atoms with Gasteiger partial charge in [0.1, 0.15) is 5.54 Å². The fraction of sp³-hybridized carbons (Fsp3) is 0.692. The number of hydrogen-bond acceptors (Lipinski definition) is 2. The highest BCUT2D eigenvalue weighted by Gasteiger charge is 2.46. The minimum absolute atomic E-state index is 0.343. The standard InChI is InChI=1S/C13H22N2O3/c1-5-9-15(12(2,3)4)11(18)14-13(10(16)17)7-6-8-13/h5H,1,6-9H2,2-4H3,(H,14,18)(H,16,17). The van der Waals surface area contributed by atoms with Crippen molar-refractivity contribution in [2.45, 2.75) is 51.1 Å². The number of nitrogens with one attached hydrogen (secondary N) is 1. The van der Waals surface area contributed by atoms with Crippen molar-refractivity contribution in [3.8, 4) is 0 Å². The number of hydrogen-bond donors (Lipinski definition) is 2. The highest BCUT2D eigenvalue weighted by Crippen LogP contribution is 2.32. The molecule has 0 aromatic carbocycles. The van der Waals surface area contributed by atoms with Gasteiger partial charge >= 0.3 is 12.0 Å². The number of rotatable bonds is 4. The number of carboxylic acids is 1. The number of aliphatic carboxylic acids is 1. The molecule has 102 valence electrons. The molecule has 0 radical (unpaired) electrons. The molecule has 1 aliphatic rings. The summed E-state index contributed by atoms with van der Waals surface area (Å²) >= 11 is 0. The Bertz CT molecular complexity index is 354. The summed E-state index contributed by atoms with van der Waals surface area (Å²) in [5.41, 5.74) is -1.44. The summed E-state index contributed by atoms with van der Waals surface area (Å²) in [6.45, 7) is 9.74. The highest BCUT2D eigenvalue weighted by molar-refractivity contribution is 5.87. The molecule has 0 aromatic heterocycles. The van der Waals surface area contributed by atoms with Gasteiger partial charge in [-0.2, -0.15) is 0 Å². The van der Waals surface area contributed by atoms with Crippen LogP contribution in [0.25, 0.3) is 0 Å². The molecule has 0 unspecified atom stereocenters. The molecule has 0 saturated heterocycles. The number of urea groups is 1. The number of amides is 2. The van der Waals surface area contributed by atoms with E-state index in [-0.39, 0.29) is 11.6 Å². The normalized spacial score (nSPS) is 17.5. The van der Waals surface area contributed by atoms with E-state index < -0.39 is 11.5 Å². The summed E-state index contributed by atoms with van der Waals surface area (Å²) in [6.07, 6.45) is 3.48. The number of carboxylic acid groups (broad SMARTS) is 1. The third-order valence-electron chi connectivity index (χ3n) is 3.33. The van der Waals surface area contributed by atoms with Crippen molar-refractivity contribution < 1.29 is 14.7 Å². The van der Waals surface area contributed by atoms with E-state index in [1.807, 2.05) is 20.8 Å². The van der Waals surface area contributed by atoms with Crippen molar-refractivity contribution in [3.05, 3.63) is 12.7 Å². The molecule has 1 rings (SSSR count). The Morgan fingerprint density at radius 3 is 2.28 bits per heavy atom. The lowest BCUT2D eigenvalue weighted by atomic mass is 9.77. The molecule has 0 aliphatic heterocycles. The van der Waals surface area contributed by atoms with Crippen molar-refractivity contribution in [3.63, 3.8) is 0 Å². The number of nitrogens with zero attached hydrogens (tertiary/aromatic N) is 1. The summed E-state index contributed by atoms with van der Waals surface area (Å²) in [5.74, 6) is -0.949. The molecule has 18 heavy (non-hydrogen) atoms. The van der Waals surface area contributed by atoms with Crippen LogP contribution < -0.4 is 5.32 Å². The molecular formula is C13H22N2O3. The summed E-state index contributed by atoms with van der Waals surface area (Å²) in [5, 5.41) is 11.9. The van der Waals surface area contributed by atoms with Gasteiger partial charge in [0, 0.05) is 12.1 Å². The van der Waals surface area contributed by atoms with Crippen LogP contribution in [-0.2, 0) is 4.79 Å². The lowest BCUT2D eigenvalue weighted by Gasteiger charge is -2.42. The summed E-state index contributed by atoms with van der Waals surface area (Å²) in [6, 6.07) is -0.343. The Balaban J connectivity index is 2.79. The Hall–Kier alpha value is -1.52. The Labute approximate surface area is 108 Å². The molecule has 5 nitrogen and oxygen atoms in total. The predicted octanol–water partition coefficient (Wildman–Crippen LogP) is 1.99. The first kappa shape index (κ1) is 14.5. The van der Waals surface area contributed by atoms with Crippen LogP contribution in [0.15, 0.2) is 12.7 Å². The average molecular weight is 254 g/mol. The van der Waals surface area contributed by atoms with Crippen molar-refractivity contribution in [1.82, 2.24) is 10.2 Å². The fourth-order valence-electron chi connectivity index (χ4n) is 1.99. The quantitative estimate of drug-likeness (QED) is 0.754. The molecule has 1 fully saturated rings. The van der Waals surface area contributed by atoms with Gasteiger partial charge in [0.2, 0.25) is 0 Å². The van der Waals surface area contributed by atoms with E-state index in [9.17, 15) is 14.7 Å². The van der Waals surface area contributed by atoms with Crippen LogP contribution in [0.1, 0.15) is 40.0 Å². The molecule has 1 aliphatic carbocycles. The van der Waals surface area contributed by atoms with Crippen LogP contribution in [0.4, 0.5) is 4.79 Å². The SMILES string of the molecule is C=CCN(C(=O)NC1(C(=O)O)CCC1)C(C)(C)C. The van der Waals surface area contributed by atoms with Crippen LogP contribution in [0.3, 0.4) is 0 Å². The first-order valence-electron chi connectivity index (χ1n) is 6.17.